The summed E-state index contributed by atoms with van der Waals surface area (Å²) in [5.41, 5.74) is 2.66. The highest BCUT2D eigenvalue weighted by Gasteiger charge is 2.31. The van der Waals surface area contributed by atoms with Crippen LogP contribution in [0.2, 0.25) is 0 Å². The number of hydrogen-bond donors (Lipinski definition) is 2. The van der Waals surface area contributed by atoms with Crippen LogP contribution in [0.25, 0.3) is 5.69 Å². The lowest BCUT2D eigenvalue weighted by Crippen LogP contribution is -2.54. The summed E-state index contributed by atoms with van der Waals surface area (Å²) in [6.07, 6.45) is 3.23. The molecule has 28 heavy (non-hydrogen) atoms. The van der Waals surface area contributed by atoms with Gasteiger partial charge in [-0.1, -0.05) is 18.2 Å². The molecule has 144 valence electrons. The number of carboxylic acid groups (broad SMARTS) is 1. The van der Waals surface area contributed by atoms with Crippen molar-refractivity contribution in [1.82, 2.24) is 4.57 Å². The summed E-state index contributed by atoms with van der Waals surface area (Å²) in [6.45, 7) is 3.08. The highest BCUT2D eigenvalue weighted by molar-refractivity contribution is 5.95. The van der Waals surface area contributed by atoms with Crippen molar-refractivity contribution in [2.75, 3.05) is 18.0 Å². The average Bonchev–Trinajstić information content (AvgIpc) is 3.18. The number of aromatic carboxylic acids is 1. The van der Waals surface area contributed by atoms with Crippen LogP contribution in [0.1, 0.15) is 28.9 Å². The second-order valence-electron chi connectivity index (χ2n) is 6.96. The molecule has 0 bridgehead atoms. The maximum absolute atomic E-state index is 11.7. The van der Waals surface area contributed by atoms with Crippen LogP contribution in [0.4, 0.5) is 5.69 Å². The van der Waals surface area contributed by atoms with E-state index >= 15 is 0 Å². The summed E-state index contributed by atoms with van der Waals surface area (Å²) in [6, 6.07) is 16.5. The molecule has 1 atom stereocenters. The van der Waals surface area contributed by atoms with E-state index in [0.29, 0.717) is 18.8 Å². The summed E-state index contributed by atoms with van der Waals surface area (Å²) < 4.78 is 7.83. The summed E-state index contributed by atoms with van der Waals surface area (Å²) in [5, 5.41) is 19.2. The minimum Gasteiger partial charge on any atom is -0.487 e. The zero-order chi connectivity index (χ0) is 19.7. The highest BCUT2D eigenvalue weighted by atomic mass is 16.5. The predicted molar refractivity (Wildman–Crippen MR) is 106 cm³/mol. The minimum absolute atomic E-state index is 0.0309. The van der Waals surface area contributed by atoms with Gasteiger partial charge in [-0.2, -0.15) is 0 Å². The number of nitrogens with zero attached hydrogens (tertiary/aromatic N) is 2. The molecule has 1 aromatic heterocycles. The zero-order valence-corrected chi connectivity index (χ0v) is 15.5. The number of aliphatic hydroxyl groups excluding tert-OH is 1. The third kappa shape index (κ3) is 3.46. The van der Waals surface area contributed by atoms with Crippen molar-refractivity contribution in [2.24, 2.45) is 0 Å². The Morgan fingerprint density at radius 3 is 2.36 bits per heavy atom. The molecule has 3 aromatic rings. The van der Waals surface area contributed by atoms with Crippen molar-refractivity contribution in [1.29, 1.82) is 0 Å². The molecule has 0 aliphatic carbocycles. The molecule has 0 amide bonds. The maximum atomic E-state index is 11.7. The Hall–Kier alpha value is -3.25. The Kier molecular flexibility index (Phi) is 4.79. The Morgan fingerprint density at radius 1 is 1.07 bits per heavy atom. The first-order valence-corrected chi connectivity index (χ1v) is 9.22. The summed E-state index contributed by atoms with van der Waals surface area (Å²) in [7, 11) is 0. The molecule has 0 saturated carbocycles. The number of anilines is 1. The number of ether oxygens (including phenoxy) is 1. The Balaban J connectivity index is 1.50. The van der Waals surface area contributed by atoms with E-state index in [1.165, 1.54) is 0 Å². The molecule has 1 fully saturated rings. The van der Waals surface area contributed by atoms with Gasteiger partial charge >= 0.3 is 5.97 Å². The van der Waals surface area contributed by atoms with Gasteiger partial charge in [-0.3, -0.25) is 0 Å². The molecule has 0 spiro atoms. The van der Waals surface area contributed by atoms with E-state index in [1.54, 1.807) is 19.1 Å². The molecule has 6 nitrogen and oxygen atoms in total. The fourth-order valence-corrected chi connectivity index (χ4v) is 3.44. The van der Waals surface area contributed by atoms with E-state index in [1.807, 2.05) is 59.4 Å². The van der Waals surface area contributed by atoms with Crippen molar-refractivity contribution in [3.63, 3.8) is 0 Å². The number of benzene rings is 2. The van der Waals surface area contributed by atoms with E-state index in [4.69, 9.17) is 4.74 Å². The standard InChI is InChI=1S/C22H22N2O4/c1-15(25)16-7-9-17(10-8-16)28-18-13-24(14-18)20-6-4-5-19(22(26)27)21(20)23-11-2-3-12-23/h2-12,15,18,25H,13-14H2,1H3,(H,26,27). The van der Waals surface area contributed by atoms with Gasteiger partial charge in [0.2, 0.25) is 0 Å². The molecule has 4 rings (SSSR count). The van der Waals surface area contributed by atoms with Gasteiger partial charge in [-0.25, -0.2) is 4.79 Å². The molecule has 0 radical (unpaired) electrons. The van der Waals surface area contributed by atoms with Crippen molar-refractivity contribution in [3.8, 4) is 11.4 Å². The van der Waals surface area contributed by atoms with E-state index in [2.05, 4.69) is 4.90 Å². The molecule has 2 N–H and O–H groups in total. The highest BCUT2D eigenvalue weighted by Crippen LogP contribution is 2.32. The van der Waals surface area contributed by atoms with Crippen LogP contribution < -0.4 is 9.64 Å². The van der Waals surface area contributed by atoms with Crippen molar-refractivity contribution < 1.29 is 19.7 Å². The lowest BCUT2D eigenvalue weighted by atomic mass is 10.1. The molecule has 1 aliphatic heterocycles. The summed E-state index contributed by atoms with van der Waals surface area (Å²) in [4.78, 5) is 13.8. The molecule has 1 aliphatic rings. The van der Waals surface area contributed by atoms with Crippen molar-refractivity contribution in [3.05, 3.63) is 78.1 Å². The fourth-order valence-electron chi connectivity index (χ4n) is 3.44. The number of hydrogen-bond acceptors (Lipinski definition) is 4. The fraction of sp³-hybridized carbons (Fsp3) is 0.227. The third-order valence-corrected chi connectivity index (χ3v) is 4.96. The van der Waals surface area contributed by atoms with Crippen LogP contribution in [0.15, 0.2) is 67.0 Å². The monoisotopic (exact) mass is 378 g/mol. The molecule has 1 saturated heterocycles. The number of aromatic nitrogens is 1. The van der Waals surface area contributed by atoms with Gasteiger partial charge in [0, 0.05) is 12.4 Å². The van der Waals surface area contributed by atoms with Crippen LogP contribution in [0.5, 0.6) is 5.75 Å². The quantitative estimate of drug-likeness (QED) is 0.687. The van der Waals surface area contributed by atoms with Crippen LogP contribution in [-0.2, 0) is 0 Å². The largest absolute Gasteiger partial charge is 0.487 e. The number of rotatable bonds is 6. The van der Waals surface area contributed by atoms with Gasteiger partial charge in [0.15, 0.2) is 0 Å². The summed E-state index contributed by atoms with van der Waals surface area (Å²) in [5.74, 6) is -0.184. The molecular formula is C22H22N2O4. The number of carboxylic acids is 1. The molecule has 2 heterocycles. The predicted octanol–water partition coefficient (Wildman–Crippen LogP) is 3.50. The minimum atomic E-state index is -0.947. The van der Waals surface area contributed by atoms with Gasteiger partial charge in [-0.15, -0.1) is 0 Å². The molecular weight excluding hydrogens is 356 g/mol. The lowest BCUT2D eigenvalue weighted by Gasteiger charge is -2.41. The normalized spacial score (nSPS) is 15.1. The number of para-hydroxylation sites is 1. The van der Waals surface area contributed by atoms with Crippen LogP contribution in [0, 0.1) is 0 Å². The Morgan fingerprint density at radius 2 is 1.75 bits per heavy atom. The first-order valence-electron chi connectivity index (χ1n) is 9.22. The first-order chi connectivity index (χ1) is 13.5. The Labute approximate surface area is 163 Å². The second-order valence-corrected chi connectivity index (χ2v) is 6.96. The number of aliphatic hydroxyl groups is 1. The number of carbonyl (C=O) groups is 1. The van der Waals surface area contributed by atoms with Crippen LogP contribution in [-0.4, -0.2) is 39.9 Å². The summed E-state index contributed by atoms with van der Waals surface area (Å²) >= 11 is 0. The molecule has 1 unspecified atom stereocenters. The lowest BCUT2D eigenvalue weighted by molar-refractivity contribution is 0.0697. The van der Waals surface area contributed by atoms with Crippen LogP contribution >= 0.6 is 0 Å². The van der Waals surface area contributed by atoms with Crippen molar-refractivity contribution in [2.45, 2.75) is 19.1 Å². The average molecular weight is 378 g/mol. The van der Waals surface area contributed by atoms with E-state index in [9.17, 15) is 15.0 Å². The van der Waals surface area contributed by atoms with Gasteiger partial charge < -0.3 is 24.4 Å². The van der Waals surface area contributed by atoms with Gasteiger partial charge in [0.1, 0.15) is 11.9 Å². The van der Waals surface area contributed by atoms with Gasteiger partial charge in [-0.05, 0) is 48.9 Å². The van der Waals surface area contributed by atoms with Gasteiger partial charge in [0.25, 0.3) is 0 Å². The smallest absolute Gasteiger partial charge is 0.337 e. The zero-order valence-electron chi connectivity index (χ0n) is 15.5. The van der Waals surface area contributed by atoms with E-state index in [-0.39, 0.29) is 11.7 Å². The maximum Gasteiger partial charge on any atom is 0.337 e. The van der Waals surface area contributed by atoms with Crippen molar-refractivity contribution >= 4 is 11.7 Å². The third-order valence-electron chi connectivity index (χ3n) is 4.96. The topological polar surface area (TPSA) is 74.9 Å². The van der Waals surface area contributed by atoms with Crippen LogP contribution in [0.3, 0.4) is 0 Å². The van der Waals surface area contributed by atoms with Gasteiger partial charge in [0.05, 0.1) is 36.1 Å². The van der Waals surface area contributed by atoms with E-state index in [0.717, 1.165) is 17.0 Å². The molecule has 2 aromatic carbocycles. The Bertz CT molecular complexity index is 959. The van der Waals surface area contributed by atoms with E-state index < -0.39 is 12.1 Å². The first kappa shape index (κ1) is 18.1. The molecule has 6 heteroatoms. The SMILES string of the molecule is CC(O)c1ccc(OC2CN(c3cccc(C(=O)O)c3-n3cccc3)C2)cc1. The second kappa shape index (κ2) is 7.40.